The van der Waals surface area contributed by atoms with Crippen molar-refractivity contribution in [2.24, 2.45) is 5.92 Å². The number of carboxylic acid groups (broad SMARTS) is 1. The quantitative estimate of drug-likeness (QED) is 0.787. The van der Waals surface area contributed by atoms with E-state index < -0.39 is 11.5 Å². The molecule has 1 saturated carbocycles. The van der Waals surface area contributed by atoms with Crippen LogP contribution < -0.4 is 5.32 Å². The maximum absolute atomic E-state index is 12.3. The van der Waals surface area contributed by atoms with Crippen LogP contribution in [0.15, 0.2) is 0 Å². The molecule has 1 aromatic heterocycles. The Balaban J connectivity index is 2.11. The van der Waals surface area contributed by atoms with Crippen molar-refractivity contribution in [3.63, 3.8) is 0 Å². The summed E-state index contributed by atoms with van der Waals surface area (Å²) in [7, 11) is 0. The Morgan fingerprint density at radius 3 is 2.71 bits per heavy atom. The van der Waals surface area contributed by atoms with Crippen LogP contribution in [0.25, 0.3) is 0 Å². The number of carbonyl (C=O) groups excluding carboxylic acids is 1. The van der Waals surface area contributed by atoms with Crippen LogP contribution in [-0.4, -0.2) is 32.7 Å². The molecule has 2 unspecified atom stereocenters. The number of H-pyrrole nitrogens is 1. The van der Waals surface area contributed by atoms with Crippen molar-refractivity contribution in [3.8, 4) is 0 Å². The van der Waals surface area contributed by atoms with Gasteiger partial charge in [-0.2, -0.15) is 5.10 Å². The fourth-order valence-corrected chi connectivity index (χ4v) is 3.22. The molecule has 1 amide bonds. The van der Waals surface area contributed by atoms with Gasteiger partial charge in [0, 0.05) is 11.3 Å². The number of carboxylic acids is 1. The summed E-state index contributed by atoms with van der Waals surface area (Å²) < 4.78 is 0. The lowest BCUT2D eigenvalue weighted by molar-refractivity contribution is -0.150. The molecule has 1 aliphatic carbocycles. The Kier molecular flexibility index (Phi) is 4.34. The summed E-state index contributed by atoms with van der Waals surface area (Å²) in [5.41, 5.74) is 1.37. The predicted octanol–water partition coefficient (Wildman–Crippen LogP) is 1.72. The molecular formula is C15H23N3O3. The summed E-state index contributed by atoms with van der Waals surface area (Å²) in [6, 6.07) is 0. The van der Waals surface area contributed by atoms with Gasteiger partial charge in [0.25, 0.3) is 0 Å². The van der Waals surface area contributed by atoms with Crippen molar-refractivity contribution in [2.45, 2.75) is 58.4 Å². The zero-order chi connectivity index (χ0) is 15.6. The van der Waals surface area contributed by atoms with E-state index in [1.54, 1.807) is 0 Å². The van der Waals surface area contributed by atoms with E-state index in [9.17, 15) is 14.7 Å². The number of aliphatic carboxylic acids is 1. The van der Waals surface area contributed by atoms with Gasteiger partial charge in [-0.05, 0) is 32.6 Å². The second-order valence-electron chi connectivity index (χ2n) is 6.23. The number of aryl methyl sites for hydroxylation is 2. The van der Waals surface area contributed by atoms with Gasteiger partial charge < -0.3 is 10.4 Å². The number of amides is 1. The fourth-order valence-electron chi connectivity index (χ4n) is 3.22. The number of aromatic amines is 1. The molecule has 0 bridgehead atoms. The first-order chi connectivity index (χ1) is 9.84. The van der Waals surface area contributed by atoms with Crippen molar-refractivity contribution < 1.29 is 14.7 Å². The third-order valence-electron chi connectivity index (χ3n) is 4.40. The van der Waals surface area contributed by atoms with E-state index in [1.807, 2.05) is 20.8 Å². The topological polar surface area (TPSA) is 95.1 Å². The molecule has 6 nitrogen and oxygen atoms in total. The van der Waals surface area contributed by atoms with Crippen LogP contribution in [0.1, 0.15) is 49.6 Å². The molecule has 2 rings (SSSR count). The molecule has 0 aromatic carbocycles. The number of carbonyl (C=O) groups is 2. The van der Waals surface area contributed by atoms with Crippen LogP contribution in [-0.2, 0) is 16.0 Å². The molecule has 0 spiro atoms. The number of rotatable bonds is 4. The first-order valence-corrected chi connectivity index (χ1v) is 7.39. The Labute approximate surface area is 124 Å². The minimum atomic E-state index is -1.11. The van der Waals surface area contributed by atoms with Gasteiger partial charge >= 0.3 is 5.97 Å². The predicted molar refractivity (Wildman–Crippen MR) is 77.9 cm³/mol. The largest absolute Gasteiger partial charge is 0.480 e. The van der Waals surface area contributed by atoms with E-state index in [0.29, 0.717) is 18.8 Å². The van der Waals surface area contributed by atoms with Crippen molar-refractivity contribution >= 4 is 11.9 Å². The summed E-state index contributed by atoms with van der Waals surface area (Å²) in [4.78, 5) is 23.9. The molecule has 116 valence electrons. The molecule has 0 radical (unpaired) electrons. The summed E-state index contributed by atoms with van der Waals surface area (Å²) in [6.45, 7) is 5.73. The van der Waals surface area contributed by atoms with Gasteiger partial charge in [0.05, 0.1) is 12.1 Å². The second-order valence-corrected chi connectivity index (χ2v) is 6.23. The summed E-state index contributed by atoms with van der Waals surface area (Å²) in [6.07, 6.45) is 3.01. The number of aromatic nitrogens is 2. The summed E-state index contributed by atoms with van der Waals surface area (Å²) in [5.74, 6) is -0.866. The van der Waals surface area contributed by atoms with Crippen LogP contribution in [0, 0.1) is 19.8 Å². The van der Waals surface area contributed by atoms with Crippen LogP contribution in [0.2, 0.25) is 0 Å². The van der Waals surface area contributed by atoms with Crippen molar-refractivity contribution in [1.82, 2.24) is 15.5 Å². The molecule has 2 atom stereocenters. The molecule has 21 heavy (non-hydrogen) atoms. The highest BCUT2D eigenvalue weighted by atomic mass is 16.4. The first-order valence-electron chi connectivity index (χ1n) is 7.39. The SMILES string of the molecule is Cc1n[nH]c(C)c1CC(=O)NC1(C(=O)O)CCCC(C)C1. The van der Waals surface area contributed by atoms with E-state index >= 15 is 0 Å². The minimum Gasteiger partial charge on any atom is -0.480 e. The standard InChI is InChI=1S/C15H23N3O3/c1-9-5-4-6-15(8-9,14(20)21)16-13(19)7-12-10(2)17-18-11(12)3/h9H,4-8H2,1-3H3,(H,16,19)(H,17,18)(H,20,21). The minimum absolute atomic E-state index is 0.164. The van der Waals surface area contributed by atoms with E-state index in [2.05, 4.69) is 15.5 Å². The monoisotopic (exact) mass is 293 g/mol. The summed E-state index contributed by atoms with van der Waals surface area (Å²) >= 11 is 0. The van der Waals surface area contributed by atoms with E-state index in [-0.39, 0.29) is 12.3 Å². The van der Waals surface area contributed by atoms with Gasteiger partial charge in [0.1, 0.15) is 5.54 Å². The average Bonchev–Trinajstić information content (AvgIpc) is 2.70. The lowest BCUT2D eigenvalue weighted by atomic mass is 9.76. The van der Waals surface area contributed by atoms with Crippen molar-refractivity contribution in [2.75, 3.05) is 0 Å². The van der Waals surface area contributed by atoms with Gasteiger partial charge in [0.2, 0.25) is 5.91 Å². The Hall–Kier alpha value is -1.85. The maximum Gasteiger partial charge on any atom is 0.329 e. The highest BCUT2D eigenvalue weighted by Crippen LogP contribution is 2.32. The number of nitrogens with zero attached hydrogens (tertiary/aromatic N) is 1. The zero-order valence-corrected chi connectivity index (χ0v) is 12.8. The lowest BCUT2D eigenvalue weighted by Crippen LogP contribution is -2.57. The molecular weight excluding hydrogens is 270 g/mol. The van der Waals surface area contributed by atoms with E-state index in [4.69, 9.17) is 0 Å². The van der Waals surface area contributed by atoms with Crippen molar-refractivity contribution in [1.29, 1.82) is 0 Å². The number of hydrogen-bond acceptors (Lipinski definition) is 3. The van der Waals surface area contributed by atoms with E-state index in [1.165, 1.54) is 0 Å². The molecule has 0 aliphatic heterocycles. The van der Waals surface area contributed by atoms with Gasteiger partial charge in [-0.25, -0.2) is 4.79 Å². The summed E-state index contributed by atoms with van der Waals surface area (Å²) in [5, 5.41) is 19.2. The lowest BCUT2D eigenvalue weighted by Gasteiger charge is -2.37. The molecule has 1 aromatic rings. The van der Waals surface area contributed by atoms with E-state index in [0.717, 1.165) is 29.8 Å². The highest BCUT2D eigenvalue weighted by molar-refractivity contribution is 5.88. The Bertz CT molecular complexity index is 533. The van der Waals surface area contributed by atoms with Crippen LogP contribution in [0.4, 0.5) is 0 Å². The molecule has 0 saturated heterocycles. The van der Waals surface area contributed by atoms with Crippen molar-refractivity contribution in [3.05, 3.63) is 17.0 Å². The normalized spacial score (nSPS) is 25.6. The number of hydrogen-bond donors (Lipinski definition) is 3. The molecule has 1 fully saturated rings. The Morgan fingerprint density at radius 1 is 1.48 bits per heavy atom. The highest BCUT2D eigenvalue weighted by Gasteiger charge is 2.43. The van der Waals surface area contributed by atoms with Gasteiger partial charge in [-0.1, -0.05) is 19.8 Å². The van der Waals surface area contributed by atoms with Crippen LogP contribution in [0.5, 0.6) is 0 Å². The van der Waals surface area contributed by atoms with Gasteiger partial charge in [0.15, 0.2) is 0 Å². The molecule has 6 heteroatoms. The molecule has 1 aliphatic rings. The van der Waals surface area contributed by atoms with Crippen LogP contribution >= 0.6 is 0 Å². The average molecular weight is 293 g/mol. The van der Waals surface area contributed by atoms with Crippen LogP contribution in [0.3, 0.4) is 0 Å². The smallest absolute Gasteiger partial charge is 0.329 e. The third-order valence-corrected chi connectivity index (χ3v) is 4.40. The maximum atomic E-state index is 12.3. The second kappa shape index (κ2) is 5.87. The third kappa shape index (κ3) is 3.25. The zero-order valence-electron chi connectivity index (χ0n) is 12.8. The van der Waals surface area contributed by atoms with Gasteiger partial charge in [-0.3, -0.25) is 9.89 Å². The molecule has 3 N–H and O–H groups in total. The Morgan fingerprint density at radius 2 is 2.19 bits per heavy atom. The molecule has 1 heterocycles. The first kappa shape index (κ1) is 15.5. The fraction of sp³-hybridized carbons (Fsp3) is 0.667. The number of nitrogens with one attached hydrogen (secondary N) is 2. The van der Waals surface area contributed by atoms with Gasteiger partial charge in [-0.15, -0.1) is 0 Å².